The Hall–Kier alpha value is -1.06. The number of rotatable bonds is 6. The van der Waals surface area contributed by atoms with Gasteiger partial charge in [-0.25, -0.2) is 0 Å². The van der Waals surface area contributed by atoms with Crippen LogP contribution in [0.2, 0.25) is 0 Å². The van der Waals surface area contributed by atoms with Crippen molar-refractivity contribution >= 4 is 11.9 Å². The van der Waals surface area contributed by atoms with Crippen molar-refractivity contribution in [3.05, 3.63) is 0 Å². The number of hydrogen-bond acceptors (Lipinski definition) is 2. The highest BCUT2D eigenvalue weighted by molar-refractivity contribution is 5.78. The molecule has 1 saturated carbocycles. The maximum atomic E-state index is 12.1. The molecule has 0 saturated heterocycles. The molecular weight excluding hydrogens is 254 g/mol. The predicted octanol–water partition coefficient (Wildman–Crippen LogP) is 3.21. The van der Waals surface area contributed by atoms with Crippen molar-refractivity contribution in [3.63, 3.8) is 0 Å². The highest BCUT2D eigenvalue weighted by atomic mass is 16.4. The van der Waals surface area contributed by atoms with Crippen LogP contribution in [0.15, 0.2) is 0 Å². The quantitative estimate of drug-likeness (QED) is 0.786. The van der Waals surface area contributed by atoms with Crippen molar-refractivity contribution < 1.29 is 14.7 Å². The molecule has 1 amide bonds. The first-order chi connectivity index (χ1) is 9.15. The van der Waals surface area contributed by atoms with Crippen LogP contribution in [-0.2, 0) is 9.59 Å². The van der Waals surface area contributed by atoms with E-state index < -0.39 is 5.97 Å². The van der Waals surface area contributed by atoms with E-state index in [0.717, 1.165) is 25.7 Å². The van der Waals surface area contributed by atoms with Crippen LogP contribution in [0, 0.1) is 16.7 Å². The molecule has 0 heterocycles. The number of hydrogen-bond donors (Lipinski definition) is 2. The lowest BCUT2D eigenvalue weighted by Crippen LogP contribution is -2.37. The topological polar surface area (TPSA) is 66.4 Å². The second-order valence-electron chi connectivity index (χ2n) is 7.53. The Labute approximate surface area is 122 Å². The van der Waals surface area contributed by atoms with Crippen molar-refractivity contribution in [2.75, 3.05) is 6.54 Å². The highest BCUT2D eigenvalue weighted by Crippen LogP contribution is 2.44. The zero-order chi connectivity index (χ0) is 15.4. The van der Waals surface area contributed by atoms with Gasteiger partial charge in [-0.3, -0.25) is 9.59 Å². The number of carbonyl (C=O) groups excluding carboxylic acids is 1. The molecular formula is C16H29NO3. The number of carboxylic acid groups (broad SMARTS) is 1. The summed E-state index contributed by atoms with van der Waals surface area (Å²) in [5.41, 5.74) is -0.139. The summed E-state index contributed by atoms with van der Waals surface area (Å²) in [5, 5.41) is 12.0. The molecule has 1 unspecified atom stereocenters. The Morgan fingerprint density at radius 1 is 1.20 bits per heavy atom. The molecule has 4 nitrogen and oxygen atoms in total. The fourth-order valence-corrected chi connectivity index (χ4v) is 2.84. The van der Waals surface area contributed by atoms with Crippen LogP contribution >= 0.6 is 0 Å². The van der Waals surface area contributed by atoms with Crippen molar-refractivity contribution in [1.82, 2.24) is 5.32 Å². The minimum Gasteiger partial charge on any atom is -0.481 e. The summed E-state index contributed by atoms with van der Waals surface area (Å²) >= 11 is 0. The molecule has 0 aromatic heterocycles. The Morgan fingerprint density at radius 3 is 2.20 bits per heavy atom. The number of aliphatic carboxylic acids is 1. The second kappa shape index (κ2) is 6.59. The van der Waals surface area contributed by atoms with Gasteiger partial charge in [0.2, 0.25) is 5.91 Å². The summed E-state index contributed by atoms with van der Waals surface area (Å²) in [6.45, 7) is 9.26. The van der Waals surface area contributed by atoms with Gasteiger partial charge >= 0.3 is 5.97 Å². The zero-order valence-corrected chi connectivity index (χ0v) is 13.3. The number of amides is 1. The maximum Gasteiger partial charge on any atom is 0.303 e. The molecule has 1 atom stereocenters. The second-order valence-corrected chi connectivity index (χ2v) is 7.53. The van der Waals surface area contributed by atoms with E-state index in [9.17, 15) is 9.59 Å². The van der Waals surface area contributed by atoms with E-state index in [-0.39, 0.29) is 23.2 Å². The molecule has 4 heteroatoms. The molecule has 20 heavy (non-hydrogen) atoms. The first-order valence-corrected chi connectivity index (χ1v) is 7.63. The zero-order valence-electron chi connectivity index (χ0n) is 13.3. The normalized spacial score (nSPS) is 19.6. The summed E-state index contributed by atoms with van der Waals surface area (Å²) in [4.78, 5) is 23.1. The minimum atomic E-state index is -0.789. The highest BCUT2D eigenvalue weighted by Gasteiger charge is 2.38. The van der Waals surface area contributed by atoms with Crippen LogP contribution in [-0.4, -0.2) is 23.5 Å². The number of carbonyl (C=O) groups is 2. The van der Waals surface area contributed by atoms with Crippen LogP contribution in [0.1, 0.15) is 66.2 Å². The summed E-state index contributed by atoms with van der Waals surface area (Å²) in [5.74, 6) is -0.391. The Morgan fingerprint density at radius 2 is 1.75 bits per heavy atom. The van der Waals surface area contributed by atoms with Crippen molar-refractivity contribution in [3.8, 4) is 0 Å². The SMILES string of the molecule is CC(CNC(=O)CC1(CC(=O)O)CCCC1)C(C)(C)C. The fraction of sp³-hybridized carbons (Fsp3) is 0.875. The smallest absolute Gasteiger partial charge is 0.303 e. The minimum absolute atomic E-state index is 0.00394. The van der Waals surface area contributed by atoms with Gasteiger partial charge in [0.15, 0.2) is 0 Å². The summed E-state index contributed by atoms with van der Waals surface area (Å²) in [6.07, 6.45) is 4.28. The molecule has 0 spiro atoms. The molecule has 0 aliphatic heterocycles. The van der Waals surface area contributed by atoms with Gasteiger partial charge in [0.1, 0.15) is 0 Å². The van der Waals surface area contributed by atoms with Gasteiger partial charge in [0.05, 0.1) is 6.42 Å². The summed E-state index contributed by atoms with van der Waals surface area (Å²) < 4.78 is 0. The lowest BCUT2D eigenvalue weighted by atomic mass is 9.79. The first kappa shape index (κ1) is 17.0. The first-order valence-electron chi connectivity index (χ1n) is 7.63. The van der Waals surface area contributed by atoms with Crippen LogP contribution < -0.4 is 5.32 Å². The van der Waals surface area contributed by atoms with Crippen molar-refractivity contribution in [2.45, 2.75) is 66.2 Å². The average molecular weight is 283 g/mol. The summed E-state index contributed by atoms with van der Waals surface area (Å²) in [7, 11) is 0. The lowest BCUT2D eigenvalue weighted by molar-refractivity contribution is -0.140. The third-order valence-electron chi connectivity index (χ3n) is 4.81. The molecule has 0 aromatic rings. The molecule has 0 bridgehead atoms. The van der Waals surface area contributed by atoms with E-state index >= 15 is 0 Å². The van der Waals surface area contributed by atoms with Crippen molar-refractivity contribution in [2.24, 2.45) is 16.7 Å². The van der Waals surface area contributed by atoms with E-state index in [1.165, 1.54) is 0 Å². The summed E-state index contributed by atoms with van der Waals surface area (Å²) in [6, 6.07) is 0. The van der Waals surface area contributed by atoms with E-state index in [1.54, 1.807) is 0 Å². The molecule has 1 aliphatic carbocycles. The van der Waals surface area contributed by atoms with Gasteiger partial charge in [-0.15, -0.1) is 0 Å². The fourth-order valence-electron chi connectivity index (χ4n) is 2.84. The van der Waals surface area contributed by atoms with E-state index in [2.05, 4.69) is 33.0 Å². The van der Waals surface area contributed by atoms with Gasteiger partial charge in [-0.05, 0) is 29.6 Å². The standard InChI is InChI=1S/C16H29NO3/c1-12(15(2,3)4)11-17-13(18)9-16(10-14(19)20)7-5-6-8-16/h12H,5-11H2,1-4H3,(H,17,18)(H,19,20). The lowest BCUT2D eigenvalue weighted by Gasteiger charge is -2.29. The molecule has 116 valence electrons. The van der Waals surface area contributed by atoms with Gasteiger partial charge in [0.25, 0.3) is 0 Å². The van der Waals surface area contributed by atoms with Crippen LogP contribution in [0.25, 0.3) is 0 Å². The van der Waals surface area contributed by atoms with Crippen LogP contribution in [0.4, 0.5) is 0 Å². The van der Waals surface area contributed by atoms with Gasteiger partial charge < -0.3 is 10.4 Å². The van der Waals surface area contributed by atoms with Crippen LogP contribution in [0.5, 0.6) is 0 Å². The monoisotopic (exact) mass is 283 g/mol. The van der Waals surface area contributed by atoms with Crippen molar-refractivity contribution in [1.29, 1.82) is 0 Å². The van der Waals surface area contributed by atoms with Gasteiger partial charge in [-0.1, -0.05) is 40.5 Å². The Balaban J connectivity index is 2.49. The predicted molar refractivity (Wildman–Crippen MR) is 79.4 cm³/mol. The average Bonchev–Trinajstić information content (AvgIpc) is 2.71. The van der Waals surface area contributed by atoms with Gasteiger partial charge in [0, 0.05) is 13.0 Å². The van der Waals surface area contributed by atoms with E-state index in [4.69, 9.17) is 5.11 Å². The molecule has 1 aliphatic rings. The molecule has 1 rings (SSSR count). The molecule has 1 fully saturated rings. The Bertz CT molecular complexity index is 351. The largest absolute Gasteiger partial charge is 0.481 e. The molecule has 0 radical (unpaired) electrons. The number of nitrogens with one attached hydrogen (secondary N) is 1. The van der Waals surface area contributed by atoms with E-state index in [1.807, 2.05) is 0 Å². The van der Waals surface area contributed by atoms with Crippen LogP contribution in [0.3, 0.4) is 0 Å². The third kappa shape index (κ3) is 5.14. The molecule has 2 N–H and O–H groups in total. The number of carboxylic acids is 1. The Kier molecular flexibility index (Phi) is 5.60. The molecule has 0 aromatic carbocycles. The van der Waals surface area contributed by atoms with Gasteiger partial charge in [-0.2, -0.15) is 0 Å². The van der Waals surface area contributed by atoms with E-state index in [0.29, 0.717) is 18.9 Å². The third-order valence-corrected chi connectivity index (χ3v) is 4.81. The maximum absolute atomic E-state index is 12.1.